The highest BCUT2D eigenvalue weighted by Crippen LogP contribution is 2.41. The average Bonchev–Trinajstić information content (AvgIpc) is 3.51. The van der Waals surface area contributed by atoms with E-state index in [1.54, 1.807) is 0 Å². The summed E-state index contributed by atoms with van der Waals surface area (Å²) < 4.78 is 0. The van der Waals surface area contributed by atoms with Crippen LogP contribution in [0.3, 0.4) is 0 Å². The van der Waals surface area contributed by atoms with E-state index in [1.807, 2.05) is 6.08 Å². The number of anilines is 10. The van der Waals surface area contributed by atoms with Gasteiger partial charge in [0.1, 0.15) is 0 Å². The van der Waals surface area contributed by atoms with Crippen molar-refractivity contribution < 1.29 is 0 Å². The molecule has 11 rings (SSSR count). The third kappa shape index (κ3) is 11.1. The van der Waals surface area contributed by atoms with Gasteiger partial charge in [-0.25, -0.2) is 0 Å². The Bertz CT molecular complexity index is 3620. The average molecular weight is 993 g/mol. The van der Waals surface area contributed by atoms with Crippen molar-refractivity contribution in [2.45, 2.75) is 19.8 Å². The minimum absolute atomic E-state index is 0.954. The summed E-state index contributed by atoms with van der Waals surface area (Å²) in [6.45, 7) is 6.49. The minimum Gasteiger partial charge on any atom is -0.311 e. The molecule has 0 atom stereocenters. The van der Waals surface area contributed by atoms with Crippen LogP contribution in [-0.4, -0.2) is 0 Å². The standard InChI is InChI=1S/C73H60N4/c1-3-56(54-62(4-2)74(63-25-11-5-12-26-63)69-46-38-57(39-47-69)58-40-48-70(49-41-58)75(64-27-13-6-14-28-64)65-29-15-7-16-30-65)61-24-23-37-73(55-61)77(68-35-21-10-22-36-68)72-52-44-60(45-53-72)59-42-50-71(51-43-59)76(66-31-17-8-18-32-66)67-33-19-9-20-34-67/h3-6,8-15,17-55H,2,7,16H2,1H3/b56-3+,62-54+. The molecule has 0 saturated carbocycles. The van der Waals surface area contributed by atoms with Gasteiger partial charge in [-0.3, -0.25) is 0 Å². The fraction of sp³-hybridized carbons (Fsp3) is 0.0411. The number of allylic oxidation sites excluding steroid dienone is 7. The lowest BCUT2D eigenvalue weighted by molar-refractivity contribution is 0.997. The molecule has 10 aromatic carbocycles. The van der Waals surface area contributed by atoms with Crippen molar-refractivity contribution in [2.24, 2.45) is 0 Å². The molecule has 4 nitrogen and oxygen atoms in total. The molecule has 1 aliphatic rings. The van der Waals surface area contributed by atoms with E-state index in [0.29, 0.717) is 0 Å². The summed E-state index contributed by atoms with van der Waals surface area (Å²) in [6.07, 6.45) is 15.3. The van der Waals surface area contributed by atoms with E-state index in [1.165, 1.54) is 5.70 Å². The van der Waals surface area contributed by atoms with E-state index in [9.17, 15) is 0 Å². The molecule has 0 amide bonds. The normalized spacial score (nSPS) is 12.4. The van der Waals surface area contributed by atoms with Crippen molar-refractivity contribution in [3.63, 3.8) is 0 Å². The van der Waals surface area contributed by atoms with E-state index in [0.717, 1.165) is 109 Å². The van der Waals surface area contributed by atoms with E-state index in [4.69, 9.17) is 0 Å². The third-order valence-electron chi connectivity index (χ3n) is 14.0. The first-order valence-electron chi connectivity index (χ1n) is 26.5. The van der Waals surface area contributed by atoms with Crippen molar-refractivity contribution in [1.29, 1.82) is 0 Å². The highest BCUT2D eigenvalue weighted by molar-refractivity contribution is 5.85. The SMILES string of the molecule is C=C/C(=C\C(=C/C)c1cccc(N(c2ccccc2)c2ccc(-c3ccc(N(c4ccccc4)c4ccccc4)cc3)cc2)c1)N(c1ccccc1)c1ccc(-c2ccc(N(C3=CCCC=C3)c3ccccc3)cc2)cc1. The molecular formula is C73H60N4. The topological polar surface area (TPSA) is 13.0 Å². The van der Waals surface area contributed by atoms with Crippen molar-refractivity contribution in [3.8, 4) is 22.3 Å². The van der Waals surface area contributed by atoms with Crippen LogP contribution >= 0.6 is 0 Å². The van der Waals surface area contributed by atoms with E-state index in [-0.39, 0.29) is 0 Å². The zero-order valence-corrected chi connectivity index (χ0v) is 43.4. The number of benzene rings is 10. The molecule has 10 aromatic rings. The van der Waals surface area contributed by atoms with E-state index < -0.39 is 0 Å². The summed E-state index contributed by atoms with van der Waals surface area (Å²) in [5.74, 6) is 0. The molecule has 0 unspecified atom stereocenters. The molecule has 0 N–H and O–H groups in total. The summed E-state index contributed by atoms with van der Waals surface area (Å²) in [7, 11) is 0. The van der Waals surface area contributed by atoms with Gasteiger partial charge in [0.2, 0.25) is 0 Å². The van der Waals surface area contributed by atoms with Crippen LogP contribution in [0, 0.1) is 0 Å². The fourth-order valence-electron chi connectivity index (χ4n) is 10.2. The van der Waals surface area contributed by atoms with E-state index >= 15 is 0 Å². The van der Waals surface area contributed by atoms with Crippen LogP contribution in [0.1, 0.15) is 25.3 Å². The van der Waals surface area contributed by atoms with Gasteiger partial charge in [0.15, 0.2) is 0 Å². The molecule has 0 aliphatic heterocycles. The maximum Gasteiger partial charge on any atom is 0.0467 e. The fourth-order valence-corrected chi connectivity index (χ4v) is 10.2. The monoisotopic (exact) mass is 992 g/mol. The Labute approximate surface area is 454 Å². The van der Waals surface area contributed by atoms with Crippen LogP contribution in [-0.2, 0) is 0 Å². The molecule has 0 saturated heterocycles. The molecule has 0 aromatic heterocycles. The second kappa shape index (κ2) is 23.5. The van der Waals surface area contributed by atoms with Crippen molar-refractivity contribution in [3.05, 3.63) is 333 Å². The Morgan fingerprint density at radius 3 is 1.12 bits per heavy atom. The molecule has 77 heavy (non-hydrogen) atoms. The first-order chi connectivity index (χ1) is 38.1. The summed E-state index contributed by atoms with van der Waals surface area (Å²) in [5.41, 5.74) is 19.8. The van der Waals surface area contributed by atoms with Crippen LogP contribution in [0.5, 0.6) is 0 Å². The maximum atomic E-state index is 4.39. The number of rotatable bonds is 17. The van der Waals surface area contributed by atoms with Gasteiger partial charge in [-0.05, 0) is 193 Å². The van der Waals surface area contributed by atoms with Crippen LogP contribution in [0.2, 0.25) is 0 Å². The van der Waals surface area contributed by atoms with Gasteiger partial charge in [-0.1, -0.05) is 176 Å². The lowest BCUT2D eigenvalue weighted by atomic mass is 10.0. The largest absolute Gasteiger partial charge is 0.311 e. The number of nitrogens with zero attached hydrogens (tertiary/aromatic N) is 4. The van der Waals surface area contributed by atoms with Crippen LogP contribution in [0.4, 0.5) is 56.9 Å². The van der Waals surface area contributed by atoms with Crippen LogP contribution in [0.15, 0.2) is 327 Å². The number of hydrogen-bond acceptors (Lipinski definition) is 4. The van der Waals surface area contributed by atoms with Gasteiger partial charge in [0, 0.05) is 68.3 Å². The first-order valence-corrected chi connectivity index (χ1v) is 26.5. The lowest BCUT2D eigenvalue weighted by Gasteiger charge is -2.28. The first kappa shape index (κ1) is 49.3. The number of para-hydroxylation sites is 5. The smallest absolute Gasteiger partial charge is 0.0467 e. The van der Waals surface area contributed by atoms with Gasteiger partial charge >= 0.3 is 0 Å². The lowest BCUT2D eigenvalue weighted by Crippen LogP contribution is -2.16. The molecule has 372 valence electrons. The molecule has 0 heterocycles. The zero-order chi connectivity index (χ0) is 52.2. The maximum absolute atomic E-state index is 4.39. The van der Waals surface area contributed by atoms with Crippen molar-refractivity contribution in [2.75, 3.05) is 19.6 Å². The van der Waals surface area contributed by atoms with Gasteiger partial charge in [-0.2, -0.15) is 0 Å². The Balaban J connectivity index is 0.866. The molecular weight excluding hydrogens is 933 g/mol. The molecule has 1 aliphatic carbocycles. The Morgan fingerprint density at radius 2 is 0.714 bits per heavy atom. The second-order valence-electron chi connectivity index (χ2n) is 18.9. The molecule has 0 radical (unpaired) electrons. The third-order valence-corrected chi connectivity index (χ3v) is 14.0. The molecule has 0 fully saturated rings. The second-order valence-corrected chi connectivity index (χ2v) is 18.9. The summed E-state index contributed by atoms with van der Waals surface area (Å²) in [6, 6.07) is 97.1. The van der Waals surface area contributed by atoms with Crippen molar-refractivity contribution in [1.82, 2.24) is 0 Å². The Hall–Kier alpha value is -9.90. The van der Waals surface area contributed by atoms with Crippen LogP contribution in [0.25, 0.3) is 27.8 Å². The highest BCUT2D eigenvalue weighted by atomic mass is 15.2. The van der Waals surface area contributed by atoms with Gasteiger partial charge < -0.3 is 19.6 Å². The predicted molar refractivity (Wildman–Crippen MR) is 329 cm³/mol. The molecule has 0 spiro atoms. The minimum atomic E-state index is 0.954. The van der Waals surface area contributed by atoms with Gasteiger partial charge in [0.05, 0.1) is 0 Å². The quantitative estimate of drug-likeness (QED) is 0.0843. The van der Waals surface area contributed by atoms with E-state index in [2.05, 4.69) is 336 Å². The summed E-state index contributed by atoms with van der Waals surface area (Å²) in [4.78, 5) is 9.24. The predicted octanol–water partition coefficient (Wildman–Crippen LogP) is 20.6. The highest BCUT2D eigenvalue weighted by Gasteiger charge is 2.19. The van der Waals surface area contributed by atoms with Gasteiger partial charge in [0.25, 0.3) is 0 Å². The summed E-state index contributed by atoms with van der Waals surface area (Å²) >= 11 is 0. The summed E-state index contributed by atoms with van der Waals surface area (Å²) in [5, 5.41) is 0. The van der Waals surface area contributed by atoms with Crippen molar-refractivity contribution >= 4 is 62.4 Å². The van der Waals surface area contributed by atoms with Crippen LogP contribution < -0.4 is 19.6 Å². The Kier molecular flexibility index (Phi) is 15.1. The van der Waals surface area contributed by atoms with Gasteiger partial charge in [-0.15, -0.1) is 0 Å². The molecule has 4 heteroatoms. The Morgan fingerprint density at radius 1 is 0.364 bits per heavy atom. The number of hydrogen-bond donors (Lipinski definition) is 0. The zero-order valence-electron chi connectivity index (χ0n) is 43.4. The molecule has 0 bridgehead atoms.